The van der Waals surface area contributed by atoms with E-state index in [4.69, 9.17) is 0 Å². The summed E-state index contributed by atoms with van der Waals surface area (Å²) < 4.78 is 0.662. The lowest BCUT2D eigenvalue weighted by Gasteiger charge is -2.37. The predicted molar refractivity (Wildman–Crippen MR) is 81.3 cm³/mol. The number of halogens is 1. The monoisotopic (exact) mass is 342 g/mol. The Balaban J connectivity index is 2.05. The van der Waals surface area contributed by atoms with Gasteiger partial charge in [-0.2, -0.15) is 0 Å². The average Bonchev–Trinajstić information content (AvgIpc) is 2.40. The van der Waals surface area contributed by atoms with E-state index in [0.29, 0.717) is 22.9 Å². The molecule has 1 aliphatic rings. The molecule has 1 fully saturated rings. The van der Waals surface area contributed by atoms with E-state index in [1.165, 1.54) is 0 Å². The van der Waals surface area contributed by atoms with E-state index < -0.39 is 5.97 Å². The van der Waals surface area contributed by atoms with Gasteiger partial charge in [0.1, 0.15) is 11.4 Å². The number of piperazine rings is 1. The van der Waals surface area contributed by atoms with Crippen LogP contribution >= 0.6 is 15.9 Å². The number of hydrogen-bond donors (Lipinski definition) is 2. The van der Waals surface area contributed by atoms with E-state index in [2.05, 4.69) is 50.1 Å². The van der Waals surface area contributed by atoms with Crippen molar-refractivity contribution in [3.05, 3.63) is 22.3 Å². The molecule has 1 saturated heterocycles. The van der Waals surface area contributed by atoms with E-state index in [1.54, 1.807) is 12.3 Å². The number of anilines is 1. The van der Waals surface area contributed by atoms with Crippen LogP contribution in [-0.2, 0) is 0 Å². The fourth-order valence-corrected chi connectivity index (χ4v) is 2.61. The van der Waals surface area contributed by atoms with Crippen LogP contribution in [0.5, 0.6) is 0 Å². The van der Waals surface area contributed by atoms with Crippen LogP contribution in [0.15, 0.2) is 16.7 Å². The Morgan fingerprint density at radius 2 is 2.30 bits per heavy atom. The summed E-state index contributed by atoms with van der Waals surface area (Å²) in [5.74, 6) is -0.558. The SMILES string of the molecule is CN1CCN(C)C(CNc2ncc(Br)cc2C(=O)O)C1. The minimum absolute atomic E-state index is 0.186. The van der Waals surface area contributed by atoms with Crippen LogP contribution in [0.2, 0.25) is 0 Å². The molecule has 0 saturated carbocycles. The molecule has 1 aromatic heterocycles. The van der Waals surface area contributed by atoms with Crippen molar-refractivity contribution in [1.29, 1.82) is 0 Å². The first-order chi connectivity index (χ1) is 9.47. The van der Waals surface area contributed by atoms with Gasteiger partial charge < -0.3 is 15.3 Å². The fraction of sp³-hybridized carbons (Fsp3) is 0.538. The largest absolute Gasteiger partial charge is 0.478 e. The van der Waals surface area contributed by atoms with Gasteiger partial charge in [0.25, 0.3) is 0 Å². The second-order valence-corrected chi connectivity index (χ2v) is 6.05. The van der Waals surface area contributed by atoms with Gasteiger partial charge in [0, 0.05) is 42.9 Å². The van der Waals surface area contributed by atoms with Crippen molar-refractivity contribution in [2.45, 2.75) is 6.04 Å². The summed E-state index contributed by atoms with van der Waals surface area (Å²) in [6.45, 7) is 3.71. The van der Waals surface area contributed by atoms with Crippen molar-refractivity contribution in [1.82, 2.24) is 14.8 Å². The number of carboxylic acids is 1. The van der Waals surface area contributed by atoms with Crippen molar-refractivity contribution < 1.29 is 9.90 Å². The highest BCUT2D eigenvalue weighted by molar-refractivity contribution is 9.10. The molecule has 0 radical (unpaired) electrons. The second-order valence-electron chi connectivity index (χ2n) is 5.13. The zero-order valence-corrected chi connectivity index (χ0v) is 13.2. The molecule has 1 atom stereocenters. The molecule has 0 spiro atoms. The molecule has 0 bridgehead atoms. The molecule has 6 nitrogen and oxygen atoms in total. The van der Waals surface area contributed by atoms with Crippen LogP contribution in [0.4, 0.5) is 5.82 Å². The van der Waals surface area contributed by atoms with Gasteiger partial charge in [-0.3, -0.25) is 4.90 Å². The van der Waals surface area contributed by atoms with Gasteiger partial charge in [-0.25, -0.2) is 9.78 Å². The Morgan fingerprint density at radius 3 is 3.00 bits per heavy atom. The van der Waals surface area contributed by atoms with Crippen molar-refractivity contribution in [3.63, 3.8) is 0 Å². The number of rotatable bonds is 4. The topological polar surface area (TPSA) is 68.7 Å². The summed E-state index contributed by atoms with van der Waals surface area (Å²) in [4.78, 5) is 19.9. The lowest BCUT2D eigenvalue weighted by Crippen LogP contribution is -2.52. The van der Waals surface area contributed by atoms with Crippen molar-refractivity contribution in [2.75, 3.05) is 45.6 Å². The molecular weight excluding hydrogens is 324 g/mol. The third-order valence-electron chi connectivity index (χ3n) is 3.57. The molecule has 0 amide bonds. The molecule has 20 heavy (non-hydrogen) atoms. The molecule has 2 heterocycles. The van der Waals surface area contributed by atoms with E-state index in [0.717, 1.165) is 19.6 Å². The quantitative estimate of drug-likeness (QED) is 0.856. The first-order valence-electron chi connectivity index (χ1n) is 6.49. The normalized spacial score (nSPS) is 20.9. The highest BCUT2D eigenvalue weighted by Gasteiger charge is 2.22. The zero-order chi connectivity index (χ0) is 14.7. The van der Waals surface area contributed by atoms with E-state index >= 15 is 0 Å². The minimum atomic E-state index is -0.976. The van der Waals surface area contributed by atoms with E-state index in [-0.39, 0.29) is 5.56 Å². The molecule has 2 rings (SSSR count). The maximum Gasteiger partial charge on any atom is 0.339 e. The van der Waals surface area contributed by atoms with Gasteiger partial charge in [-0.05, 0) is 36.1 Å². The molecule has 0 aromatic carbocycles. The number of aromatic nitrogens is 1. The lowest BCUT2D eigenvalue weighted by atomic mass is 10.2. The van der Waals surface area contributed by atoms with Gasteiger partial charge in [0.15, 0.2) is 0 Å². The predicted octanol–water partition coefficient (Wildman–Crippen LogP) is 1.20. The average molecular weight is 343 g/mol. The Kier molecular flexibility index (Phi) is 4.95. The first-order valence-corrected chi connectivity index (χ1v) is 7.28. The van der Waals surface area contributed by atoms with Crippen LogP contribution in [0.1, 0.15) is 10.4 Å². The molecule has 110 valence electrons. The van der Waals surface area contributed by atoms with Crippen LogP contribution in [0, 0.1) is 0 Å². The number of carbonyl (C=O) groups is 1. The molecule has 1 aliphatic heterocycles. The lowest BCUT2D eigenvalue weighted by molar-refractivity contribution is 0.0697. The summed E-state index contributed by atoms with van der Waals surface area (Å²) >= 11 is 3.24. The number of hydrogen-bond acceptors (Lipinski definition) is 5. The van der Waals surface area contributed by atoms with Gasteiger partial charge in [0.2, 0.25) is 0 Å². The summed E-state index contributed by atoms with van der Waals surface area (Å²) in [5.41, 5.74) is 0.186. The van der Waals surface area contributed by atoms with Crippen molar-refractivity contribution in [3.8, 4) is 0 Å². The highest BCUT2D eigenvalue weighted by atomic mass is 79.9. The second kappa shape index (κ2) is 6.51. The maximum absolute atomic E-state index is 11.2. The van der Waals surface area contributed by atoms with Gasteiger partial charge in [-0.15, -0.1) is 0 Å². The fourth-order valence-electron chi connectivity index (χ4n) is 2.28. The van der Waals surface area contributed by atoms with Crippen LogP contribution in [0.25, 0.3) is 0 Å². The Bertz CT molecular complexity index is 497. The number of carboxylic acid groups (broad SMARTS) is 1. The van der Waals surface area contributed by atoms with E-state index in [9.17, 15) is 9.90 Å². The molecular formula is C13H19BrN4O2. The zero-order valence-electron chi connectivity index (χ0n) is 11.6. The standard InChI is InChI=1S/C13H19BrN4O2/c1-17-3-4-18(2)10(8-17)7-16-12-11(13(19)20)5-9(14)6-15-12/h5-6,10H,3-4,7-8H2,1-2H3,(H,15,16)(H,19,20). The smallest absolute Gasteiger partial charge is 0.339 e. The van der Waals surface area contributed by atoms with Crippen LogP contribution in [0.3, 0.4) is 0 Å². The summed E-state index contributed by atoms with van der Waals surface area (Å²) in [6, 6.07) is 1.91. The Hall–Kier alpha value is -1.18. The van der Waals surface area contributed by atoms with Gasteiger partial charge >= 0.3 is 5.97 Å². The molecule has 0 aliphatic carbocycles. The van der Waals surface area contributed by atoms with Crippen LogP contribution < -0.4 is 5.32 Å². The highest BCUT2D eigenvalue weighted by Crippen LogP contribution is 2.18. The molecule has 7 heteroatoms. The van der Waals surface area contributed by atoms with Gasteiger partial charge in [0.05, 0.1) is 0 Å². The Morgan fingerprint density at radius 1 is 1.55 bits per heavy atom. The third kappa shape index (κ3) is 3.68. The molecule has 1 aromatic rings. The summed E-state index contributed by atoms with van der Waals surface area (Å²) in [5, 5.41) is 12.4. The van der Waals surface area contributed by atoms with Crippen LogP contribution in [-0.4, -0.2) is 72.2 Å². The summed E-state index contributed by atoms with van der Waals surface area (Å²) in [6.07, 6.45) is 1.60. The number of nitrogens with zero attached hydrogens (tertiary/aromatic N) is 3. The maximum atomic E-state index is 11.2. The number of nitrogens with one attached hydrogen (secondary N) is 1. The number of pyridine rings is 1. The number of aromatic carboxylic acids is 1. The third-order valence-corrected chi connectivity index (χ3v) is 4.00. The summed E-state index contributed by atoms with van der Waals surface area (Å²) in [7, 11) is 4.19. The Labute approximate surface area is 126 Å². The van der Waals surface area contributed by atoms with E-state index in [1.807, 2.05) is 0 Å². The van der Waals surface area contributed by atoms with Gasteiger partial charge in [-0.1, -0.05) is 0 Å². The van der Waals surface area contributed by atoms with Crippen molar-refractivity contribution >= 4 is 27.7 Å². The molecule has 1 unspecified atom stereocenters. The number of likely N-dealkylation sites (N-methyl/N-ethyl adjacent to an activating group) is 2. The van der Waals surface area contributed by atoms with Crippen molar-refractivity contribution in [2.24, 2.45) is 0 Å². The minimum Gasteiger partial charge on any atom is -0.478 e. The first kappa shape index (κ1) is 15.2. The molecule has 2 N–H and O–H groups in total.